The fourth-order valence-corrected chi connectivity index (χ4v) is 2.12. The lowest BCUT2D eigenvalue weighted by molar-refractivity contribution is -0.122. The minimum atomic E-state index is 0.397. The fraction of sp³-hybridized carbons (Fsp3) is 0.462. The van der Waals surface area contributed by atoms with Crippen molar-refractivity contribution < 1.29 is 4.79 Å². The van der Waals surface area contributed by atoms with Gasteiger partial charge in [0.25, 0.3) is 0 Å². The van der Waals surface area contributed by atoms with Gasteiger partial charge in [-0.05, 0) is 19.0 Å². The topological polar surface area (TPSA) is 20.3 Å². The van der Waals surface area contributed by atoms with Crippen LogP contribution in [0.25, 0.3) is 0 Å². The second kappa shape index (κ2) is 4.58. The summed E-state index contributed by atoms with van der Waals surface area (Å²) in [5.41, 5.74) is 1.32. The fourth-order valence-electron chi connectivity index (χ4n) is 2.12. The zero-order valence-electron chi connectivity index (χ0n) is 9.15. The highest BCUT2D eigenvalue weighted by atomic mass is 16.1. The Balaban J connectivity index is 2.01. The van der Waals surface area contributed by atoms with E-state index in [1.165, 1.54) is 5.56 Å². The molecule has 1 aromatic rings. The molecule has 0 unspecified atom stereocenters. The molecular formula is C13H17NO. The normalized spacial score (nSPS) is 23.0. The summed E-state index contributed by atoms with van der Waals surface area (Å²) in [4.78, 5) is 13.7. The maximum absolute atomic E-state index is 11.4. The third kappa shape index (κ3) is 2.66. The standard InChI is InChI=1S/C13H17NO/c1-14-8-7-13(15)10-12(14)9-11-5-3-2-4-6-11/h2-6,12H,7-10H2,1H3/t12-/m0/s1. The molecule has 0 spiro atoms. The summed E-state index contributed by atoms with van der Waals surface area (Å²) in [7, 11) is 2.11. The second-order valence-corrected chi connectivity index (χ2v) is 4.32. The number of hydrogen-bond donors (Lipinski definition) is 0. The molecule has 0 N–H and O–H groups in total. The van der Waals surface area contributed by atoms with Gasteiger partial charge in [0, 0.05) is 25.4 Å². The Bertz CT molecular complexity index is 334. The molecular weight excluding hydrogens is 186 g/mol. The van der Waals surface area contributed by atoms with E-state index in [1.807, 2.05) is 6.07 Å². The van der Waals surface area contributed by atoms with Crippen molar-refractivity contribution in [1.29, 1.82) is 0 Å². The van der Waals surface area contributed by atoms with E-state index < -0.39 is 0 Å². The first-order valence-electron chi connectivity index (χ1n) is 5.51. The largest absolute Gasteiger partial charge is 0.302 e. The van der Waals surface area contributed by atoms with Crippen LogP contribution in [0.15, 0.2) is 30.3 Å². The van der Waals surface area contributed by atoms with E-state index in [1.54, 1.807) is 0 Å². The molecule has 2 nitrogen and oxygen atoms in total. The number of ketones is 1. The molecule has 2 rings (SSSR count). The van der Waals surface area contributed by atoms with Crippen molar-refractivity contribution in [2.45, 2.75) is 25.3 Å². The summed E-state index contributed by atoms with van der Waals surface area (Å²) in [6.07, 6.45) is 2.43. The number of hydrogen-bond acceptors (Lipinski definition) is 2. The van der Waals surface area contributed by atoms with E-state index >= 15 is 0 Å². The molecule has 0 radical (unpaired) electrons. The van der Waals surface area contributed by atoms with Crippen LogP contribution < -0.4 is 0 Å². The minimum Gasteiger partial charge on any atom is -0.302 e. The van der Waals surface area contributed by atoms with Crippen LogP contribution in [0.5, 0.6) is 0 Å². The van der Waals surface area contributed by atoms with Crippen molar-refractivity contribution in [1.82, 2.24) is 4.90 Å². The Labute approximate surface area is 90.9 Å². The zero-order chi connectivity index (χ0) is 10.7. The lowest BCUT2D eigenvalue weighted by atomic mass is 9.95. The van der Waals surface area contributed by atoms with Crippen LogP contribution in [-0.4, -0.2) is 30.3 Å². The van der Waals surface area contributed by atoms with Crippen LogP contribution in [0.2, 0.25) is 0 Å². The average molecular weight is 203 g/mol. The van der Waals surface area contributed by atoms with Crippen LogP contribution in [0.3, 0.4) is 0 Å². The molecule has 0 bridgehead atoms. The van der Waals surface area contributed by atoms with E-state index in [4.69, 9.17) is 0 Å². The summed E-state index contributed by atoms with van der Waals surface area (Å²) in [5, 5.41) is 0. The average Bonchev–Trinajstić information content (AvgIpc) is 2.25. The van der Waals surface area contributed by atoms with Gasteiger partial charge < -0.3 is 4.90 Å². The van der Waals surface area contributed by atoms with Crippen molar-refractivity contribution in [3.63, 3.8) is 0 Å². The monoisotopic (exact) mass is 203 g/mol. The summed E-state index contributed by atoms with van der Waals surface area (Å²) in [6, 6.07) is 10.8. The van der Waals surface area contributed by atoms with Gasteiger partial charge in [0.05, 0.1) is 0 Å². The zero-order valence-corrected chi connectivity index (χ0v) is 9.15. The lowest BCUT2D eigenvalue weighted by Crippen LogP contribution is -2.41. The Morgan fingerprint density at radius 2 is 2.07 bits per heavy atom. The highest BCUT2D eigenvalue weighted by molar-refractivity contribution is 5.80. The summed E-state index contributed by atoms with van der Waals surface area (Å²) < 4.78 is 0. The Kier molecular flexibility index (Phi) is 3.17. The molecule has 1 fully saturated rings. The number of likely N-dealkylation sites (N-methyl/N-ethyl adjacent to an activating group) is 1. The van der Waals surface area contributed by atoms with Gasteiger partial charge in [-0.2, -0.15) is 0 Å². The van der Waals surface area contributed by atoms with Crippen LogP contribution in [0, 0.1) is 0 Å². The van der Waals surface area contributed by atoms with Crippen molar-refractivity contribution in [2.75, 3.05) is 13.6 Å². The third-order valence-corrected chi connectivity index (χ3v) is 3.14. The molecule has 1 aromatic carbocycles. The first-order valence-corrected chi connectivity index (χ1v) is 5.51. The molecule has 1 saturated heterocycles. The second-order valence-electron chi connectivity index (χ2n) is 4.32. The number of likely N-dealkylation sites (tertiary alicyclic amines) is 1. The maximum atomic E-state index is 11.4. The Morgan fingerprint density at radius 1 is 1.33 bits per heavy atom. The molecule has 1 aliphatic rings. The third-order valence-electron chi connectivity index (χ3n) is 3.14. The van der Waals surface area contributed by atoms with E-state index in [-0.39, 0.29) is 0 Å². The highest BCUT2D eigenvalue weighted by Gasteiger charge is 2.23. The van der Waals surface area contributed by atoms with E-state index in [0.717, 1.165) is 19.4 Å². The maximum Gasteiger partial charge on any atom is 0.135 e. The molecule has 1 aliphatic heterocycles. The minimum absolute atomic E-state index is 0.397. The van der Waals surface area contributed by atoms with Crippen molar-refractivity contribution in [2.24, 2.45) is 0 Å². The van der Waals surface area contributed by atoms with E-state index in [2.05, 4.69) is 36.2 Å². The number of piperidine rings is 1. The number of Topliss-reactive ketones (excluding diaryl/α,β-unsaturated/α-hetero) is 1. The number of nitrogens with zero attached hydrogens (tertiary/aromatic N) is 1. The molecule has 80 valence electrons. The predicted molar refractivity (Wildman–Crippen MR) is 60.8 cm³/mol. The van der Waals surface area contributed by atoms with Crippen LogP contribution in [0.4, 0.5) is 0 Å². The quantitative estimate of drug-likeness (QED) is 0.731. The molecule has 2 heteroatoms. The van der Waals surface area contributed by atoms with E-state index in [0.29, 0.717) is 18.2 Å². The Hall–Kier alpha value is -1.15. The first kappa shape index (κ1) is 10.4. The van der Waals surface area contributed by atoms with Gasteiger partial charge in [0.1, 0.15) is 5.78 Å². The number of carbonyl (C=O) groups is 1. The predicted octanol–water partition coefficient (Wildman–Crippen LogP) is 1.89. The molecule has 0 aromatic heterocycles. The summed E-state index contributed by atoms with van der Waals surface area (Å²) in [5.74, 6) is 0.411. The van der Waals surface area contributed by atoms with Gasteiger partial charge in [-0.1, -0.05) is 30.3 Å². The van der Waals surface area contributed by atoms with Gasteiger partial charge in [-0.25, -0.2) is 0 Å². The number of carbonyl (C=O) groups excluding carboxylic acids is 1. The first-order chi connectivity index (χ1) is 7.25. The van der Waals surface area contributed by atoms with Crippen LogP contribution in [0.1, 0.15) is 18.4 Å². The van der Waals surface area contributed by atoms with Gasteiger partial charge in [0.15, 0.2) is 0 Å². The van der Waals surface area contributed by atoms with Crippen LogP contribution >= 0.6 is 0 Å². The van der Waals surface area contributed by atoms with E-state index in [9.17, 15) is 4.79 Å². The van der Waals surface area contributed by atoms with Gasteiger partial charge in [-0.15, -0.1) is 0 Å². The number of benzene rings is 1. The van der Waals surface area contributed by atoms with Crippen LogP contribution in [-0.2, 0) is 11.2 Å². The SMILES string of the molecule is CN1CCC(=O)C[C@@H]1Cc1ccccc1. The molecule has 0 amide bonds. The van der Waals surface area contributed by atoms with Gasteiger partial charge in [0.2, 0.25) is 0 Å². The number of rotatable bonds is 2. The summed E-state index contributed by atoms with van der Waals surface area (Å²) in [6.45, 7) is 0.913. The lowest BCUT2D eigenvalue weighted by Gasteiger charge is -2.31. The molecule has 0 aliphatic carbocycles. The highest BCUT2D eigenvalue weighted by Crippen LogP contribution is 2.16. The van der Waals surface area contributed by atoms with Crippen molar-refractivity contribution in [3.05, 3.63) is 35.9 Å². The molecule has 1 atom stereocenters. The molecule has 15 heavy (non-hydrogen) atoms. The molecule has 1 heterocycles. The van der Waals surface area contributed by atoms with Crippen molar-refractivity contribution in [3.8, 4) is 0 Å². The van der Waals surface area contributed by atoms with Crippen molar-refractivity contribution >= 4 is 5.78 Å². The van der Waals surface area contributed by atoms with Gasteiger partial charge >= 0.3 is 0 Å². The van der Waals surface area contributed by atoms with Gasteiger partial charge in [-0.3, -0.25) is 4.79 Å². The Morgan fingerprint density at radius 3 is 2.80 bits per heavy atom. The molecule has 0 saturated carbocycles. The smallest absolute Gasteiger partial charge is 0.135 e. The summed E-state index contributed by atoms with van der Waals surface area (Å²) >= 11 is 0.